The zero-order valence-electron chi connectivity index (χ0n) is 25.1. The van der Waals surface area contributed by atoms with E-state index in [1.54, 1.807) is 11.3 Å². The fourth-order valence-corrected chi connectivity index (χ4v) is 8.51. The Hall–Kier alpha value is -6.15. The van der Waals surface area contributed by atoms with Gasteiger partial charge in [0.05, 0.1) is 31.7 Å². The van der Waals surface area contributed by atoms with Crippen LogP contribution in [0.5, 0.6) is 0 Å². The first kappa shape index (κ1) is 26.1. The molecule has 0 aliphatic heterocycles. The first-order chi connectivity index (χ1) is 23.2. The van der Waals surface area contributed by atoms with Crippen LogP contribution in [-0.2, 0) is 0 Å². The van der Waals surface area contributed by atoms with Crippen LogP contribution in [0.2, 0.25) is 0 Å². The van der Waals surface area contributed by atoms with Crippen LogP contribution >= 0.6 is 11.3 Å². The molecule has 0 radical (unpaired) electrons. The number of hydrogen-bond donors (Lipinski definition) is 0. The van der Waals surface area contributed by atoms with E-state index in [-0.39, 0.29) is 0 Å². The van der Waals surface area contributed by atoms with Crippen molar-refractivity contribution in [1.29, 1.82) is 5.26 Å². The van der Waals surface area contributed by atoms with E-state index in [1.807, 2.05) is 30.3 Å². The average molecular weight is 617 g/mol. The van der Waals surface area contributed by atoms with Gasteiger partial charge in [-0.15, -0.1) is 11.3 Å². The van der Waals surface area contributed by atoms with Crippen LogP contribution in [0.25, 0.3) is 91.9 Å². The van der Waals surface area contributed by atoms with Gasteiger partial charge in [0.1, 0.15) is 17.2 Å². The molecule has 0 saturated carbocycles. The van der Waals surface area contributed by atoms with Crippen LogP contribution in [0.4, 0.5) is 0 Å². The molecule has 7 aromatic carbocycles. The highest BCUT2D eigenvalue weighted by atomic mass is 32.1. The number of para-hydroxylation sites is 2. The Morgan fingerprint density at radius 2 is 1.17 bits per heavy atom. The molecule has 3 nitrogen and oxygen atoms in total. The molecule has 0 saturated heterocycles. The second-order valence-corrected chi connectivity index (χ2v) is 13.0. The number of aromatic nitrogens is 1. The van der Waals surface area contributed by atoms with Crippen LogP contribution in [0.15, 0.2) is 150 Å². The van der Waals surface area contributed by atoms with Gasteiger partial charge in [-0.05, 0) is 70.8 Å². The molecule has 0 bridgehead atoms. The van der Waals surface area contributed by atoms with Crippen molar-refractivity contribution >= 4 is 75.3 Å². The van der Waals surface area contributed by atoms with Crippen molar-refractivity contribution in [3.8, 4) is 34.0 Å². The van der Waals surface area contributed by atoms with Crippen LogP contribution in [-0.4, -0.2) is 4.57 Å². The molecule has 10 aromatic rings. The number of nitriles is 1. The van der Waals surface area contributed by atoms with Crippen LogP contribution < -0.4 is 0 Å². The van der Waals surface area contributed by atoms with E-state index in [4.69, 9.17) is 4.42 Å². The lowest BCUT2D eigenvalue weighted by molar-refractivity contribution is 0.669. The smallest absolute Gasteiger partial charge is 0.135 e. The van der Waals surface area contributed by atoms with Gasteiger partial charge in [0.15, 0.2) is 0 Å². The van der Waals surface area contributed by atoms with E-state index in [2.05, 4.69) is 126 Å². The monoisotopic (exact) mass is 616 g/mol. The molecule has 0 N–H and O–H groups in total. The molecule has 3 heterocycles. The van der Waals surface area contributed by atoms with Gasteiger partial charge < -0.3 is 8.98 Å². The topological polar surface area (TPSA) is 41.9 Å². The highest BCUT2D eigenvalue weighted by Gasteiger charge is 2.19. The lowest BCUT2D eigenvalue weighted by Crippen LogP contribution is -1.94. The van der Waals surface area contributed by atoms with Gasteiger partial charge in [-0.2, -0.15) is 5.26 Å². The van der Waals surface area contributed by atoms with Gasteiger partial charge in [-0.1, -0.05) is 97.1 Å². The van der Waals surface area contributed by atoms with Crippen LogP contribution in [0.3, 0.4) is 0 Å². The summed E-state index contributed by atoms with van der Waals surface area (Å²) in [4.78, 5) is 0. The maximum absolute atomic E-state index is 10.4. The standard InChI is InChI=1S/C43H24N2OS/c44-25-30-21-29(27-18-20-41-35(22-27)33-12-5-7-16-40(33)46-41)23-36-34-13-8-15-38(43(34)47-42(30)36)45-37-14-6-4-11-31(37)32-19-17-28(24-39(32)45)26-9-2-1-3-10-26/h1-24H. The van der Waals surface area contributed by atoms with Crippen molar-refractivity contribution in [3.63, 3.8) is 0 Å². The molecule has 47 heavy (non-hydrogen) atoms. The Morgan fingerprint density at radius 3 is 2.06 bits per heavy atom. The van der Waals surface area contributed by atoms with Crippen molar-refractivity contribution < 1.29 is 4.42 Å². The summed E-state index contributed by atoms with van der Waals surface area (Å²) in [6.07, 6.45) is 0. The Morgan fingerprint density at radius 1 is 0.468 bits per heavy atom. The number of nitrogens with zero attached hydrogens (tertiary/aromatic N) is 2. The SMILES string of the molecule is N#Cc1cc(-c2ccc3oc4ccccc4c3c2)cc2c1sc1c(-n3c4ccccc4c4ccc(-c5ccccc5)cc43)cccc12. The van der Waals surface area contributed by atoms with Gasteiger partial charge in [-0.25, -0.2) is 0 Å². The summed E-state index contributed by atoms with van der Waals surface area (Å²) in [6.45, 7) is 0. The highest BCUT2D eigenvalue weighted by molar-refractivity contribution is 7.26. The molecular formula is C43H24N2OS. The maximum Gasteiger partial charge on any atom is 0.135 e. The summed E-state index contributed by atoms with van der Waals surface area (Å²) < 4.78 is 10.7. The fraction of sp³-hybridized carbons (Fsp3) is 0. The predicted octanol–water partition coefficient (Wildman–Crippen LogP) is 12.3. The van der Waals surface area contributed by atoms with Crippen LogP contribution in [0.1, 0.15) is 5.56 Å². The van der Waals surface area contributed by atoms with E-state index < -0.39 is 0 Å². The lowest BCUT2D eigenvalue weighted by atomic mass is 9.98. The van der Waals surface area contributed by atoms with E-state index in [9.17, 15) is 5.26 Å². The van der Waals surface area contributed by atoms with Crippen molar-refractivity contribution in [2.45, 2.75) is 0 Å². The molecule has 3 aromatic heterocycles. The van der Waals surface area contributed by atoms with Gasteiger partial charge in [0.2, 0.25) is 0 Å². The Labute approximate surface area is 273 Å². The van der Waals surface area contributed by atoms with Crippen LogP contribution in [0, 0.1) is 11.3 Å². The summed E-state index contributed by atoms with van der Waals surface area (Å²) in [5.41, 5.74) is 10.4. The van der Waals surface area contributed by atoms with Crippen molar-refractivity contribution in [2.75, 3.05) is 0 Å². The molecule has 0 amide bonds. The first-order valence-corrected chi connectivity index (χ1v) is 16.5. The number of thiophene rings is 1. The van der Waals surface area contributed by atoms with E-state index >= 15 is 0 Å². The highest BCUT2D eigenvalue weighted by Crippen LogP contribution is 2.44. The molecule has 0 aliphatic carbocycles. The average Bonchev–Trinajstić information content (AvgIpc) is 3.80. The van der Waals surface area contributed by atoms with E-state index in [0.717, 1.165) is 54.2 Å². The van der Waals surface area contributed by atoms with E-state index in [1.165, 1.54) is 37.6 Å². The summed E-state index contributed by atoms with van der Waals surface area (Å²) in [6, 6.07) is 53.8. The van der Waals surface area contributed by atoms with Gasteiger partial charge >= 0.3 is 0 Å². The second-order valence-electron chi connectivity index (χ2n) is 12.0. The van der Waals surface area contributed by atoms with Crippen molar-refractivity contribution in [2.24, 2.45) is 0 Å². The number of fused-ring (bicyclic) bond motifs is 9. The molecule has 218 valence electrons. The largest absolute Gasteiger partial charge is 0.456 e. The minimum absolute atomic E-state index is 0.690. The number of hydrogen-bond acceptors (Lipinski definition) is 3. The summed E-state index contributed by atoms with van der Waals surface area (Å²) in [5.74, 6) is 0. The number of rotatable bonds is 3. The fourth-order valence-electron chi connectivity index (χ4n) is 7.26. The minimum atomic E-state index is 0.690. The Bertz CT molecular complexity index is 2920. The quantitative estimate of drug-likeness (QED) is 0.198. The molecule has 10 rings (SSSR count). The van der Waals surface area contributed by atoms with Gasteiger partial charge in [0, 0.05) is 32.3 Å². The van der Waals surface area contributed by atoms with E-state index in [0.29, 0.717) is 5.56 Å². The third kappa shape index (κ3) is 3.85. The number of benzene rings is 7. The Balaban J connectivity index is 1.23. The second kappa shape index (κ2) is 9.92. The maximum atomic E-state index is 10.4. The van der Waals surface area contributed by atoms with Crippen molar-refractivity contribution in [1.82, 2.24) is 4.57 Å². The predicted molar refractivity (Wildman–Crippen MR) is 197 cm³/mol. The Kier molecular flexibility index (Phi) is 5.51. The van der Waals surface area contributed by atoms with Gasteiger partial charge in [-0.3, -0.25) is 0 Å². The molecule has 0 unspecified atom stereocenters. The summed E-state index contributed by atoms with van der Waals surface area (Å²) in [5, 5.41) is 17.3. The number of furan rings is 1. The lowest BCUT2D eigenvalue weighted by Gasteiger charge is -2.10. The molecule has 0 spiro atoms. The zero-order chi connectivity index (χ0) is 31.1. The molecule has 0 fully saturated rings. The summed E-state index contributed by atoms with van der Waals surface area (Å²) >= 11 is 1.71. The van der Waals surface area contributed by atoms with Gasteiger partial charge in [0.25, 0.3) is 0 Å². The minimum Gasteiger partial charge on any atom is -0.456 e. The molecular weight excluding hydrogens is 593 g/mol. The molecule has 0 aliphatic rings. The normalized spacial score (nSPS) is 11.8. The summed E-state index contributed by atoms with van der Waals surface area (Å²) in [7, 11) is 0. The third-order valence-corrected chi connectivity index (χ3v) is 10.7. The molecule has 0 atom stereocenters. The zero-order valence-corrected chi connectivity index (χ0v) is 25.9. The molecule has 4 heteroatoms. The first-order valence-electron chi connectivity index (χ1n) is 15.7. The van der Waals surface area contributed by atoms with Crippen molar-refractivity contribution in [3.05, 3.63) is 151 Å². The third-order valence-electron chi connectivity index (χ3n) is 9.43.